The third kappa shape index (κ3) is 3.17. The van der Waals surface area contributed by atoms with Crippen LogP contribution in [0.3, 0.4) is 0 Å². The Morgan fingerprint density at radius 3 is 2.74 bits per heavy atom. The van der Waals surface area contributed by atoms with E-state index >= 15 is 0 Å². The minimum Gasteiger partial charge on any atom is -0.331 e. The Labute approximate surface area is 161 Å². The fourth-order valence-electron chi connectivity index (χ4n) is 2.77. The Morgan fingerprint density at radius 1 is 1.15 bits per heavy atom. The molecule has 1 N–H and O–H groups in total. The number of hydrogen-bond donors (Lipinski definition) is 1. The molecule has 0 radical (unpaired) electrons. The smallest absolute Gasteiger partial charge is 0.259 e. The van der Waals surface area contributed by atoms with Gasteiger partial charge in [0.25, 0.3) is 5.91 Å². The molecule has 0 saturated heterocycles. The van der Waals surface area contributed by atoms with Crippen LogP contribution in [-0.2, 0) is 7.05 Å². The average Bonchev–Trinajstić information content (AvgIpc) is 3.09. The first kappa shape index (κ1) is 12.8. The average molecular weight is 364 g/mol. The summed E-state index contributed by atoms with van der Waals surface area (Å²) < 4.78 is 46.9. The Morgan fingerprint density at radius 2 is 1.96 bits per heavy atom. The van der Waals surface area contributed by atoms with Crippen molar-refractivity contribution in [2.24, 2.45) is 7.05 Å². The zero-order valence-electron chi connectivity index (χ0n) is 18.6. The number of aromatic nitrogens is 3. The molecule has 134 valence electrons. The van der Waals surface area contributed by atoms with Crippen molar-refractivity contribution in [1.29, 1.82) is 0 Å². The number of imidazole rings is 1. The molecule has 0 saturated carbocycles. The topological polar surface area (TPSA) is 59.8 Å². The summed E-state index contributed by atoms with van der Waals surface area (Å²) in [5.41, 5.74) is 1.08. The number of hydrogen-bond acceptors (Lipinski definition) is 3. The number of benzene rings is 2. The number of rotatable bonds is 3. The Kier molecular flexibility index (Phi) is 3.14. The number of amides is 1. The summed E-state index contributed by atoms with van der Waals surface area (Å²) in [5.74, 6) is -1.32. The first-order chi connectivity index (χ1) is 14.7. The largest absolute Gasteiger partial charge is 0.331 e. The van der Waals surface area contributed by atoms with Gasteiger partial charge in [-0.05, 0) is 36.5 Å². The van der Waals surface area contributed by atoms with Crippen LogP contribution in [0.2, 0.25) is 0 Å². The van der Waals surface area contributed by atoms with Crippen molar-refractivity contribution in [3.05, 3.63) is 78.0 Å². The molecule has 5 nitrogen and oxygen atoms in total. The Hall–Kier alpha value is -3.54. The lowest BCUT2D eigenvalue weighted by Crippen LogP contribution is -2.14. The van der Waals surface area contributed by atoms with Crippen LogP contribution in [0, 0.1) is 12.7 Å². The number of nitrogens with zero attached hydrogens (tertiary/aromatic N) is 3. The van der Waals surface area contributed by atoms with E-state index in [2.05, 4.69) is 15.3 Å². The lowest BCUT2D eigenvalue weighted by molar-refractivity contribution is 0.102. The van der Waals surface area contributed by atoms with Crippen molar-refractivity contribution >= 4 is 22.5 Å². The number of anilines is 1. The summed E-state index contributed by atoms with van der Waals surface area (Å²) in [5, 5.41) is 4.03. The maximum atomic E-state index is 14.4. The van der Waals surface area contributed by atoms with Gasteiger partial charge < -0.3 is 9.88 Å². The zero-order valence-corrected chi connectivity index (χ0v) is 14.6. The van der Waals surface area contributed by atoms with Gasteiger partial charge in [-0.15, -0.1) is 0 Å². The summed E-state index contributed by atoms with van der Waals surface area (Å²) in [7, 11) is 1.91. The SMILES string of the molecule is [2H]c1c([2H])c([2H])c(C(=O)Nc2cc3cc(-c4cnc(C)n4C)ccc3cn2)c(F)c1[2H]. The van der Waals surface area contributed by atoms with Gasteiger partial charge in [0.1, 0.15) is 17.5 Å². The second-order valence-electron chi connectivity index (χ2n) is 6.02. The maximum Gasteiger partial charge on any atom is 0.259 e. The van der Waals surface area contributed by atoms with Crippen LogP contribution in [0.4, 0.5) is 10.2 Å². The normalized spacial score (nSPS) is 13.0. The molecule has 27 heavy (non-hydrogen) atoms. The first-order valence-corrected chi connectivity index (χ1v) is 8.14. The van der Waals surface area contributed by atoms with Crippen LogP contribution in [0.1, 0.15) is 21.7 Å². The number of nitrogens with one attached hydrogen (secondary N) is 1. The van der Waals surface area contributed by atoms with Crippen molar-refractivity contribution in [1.82, 2.24) is 14.5 Å². The molecule has 0 bridgehead atoms. The molecule has 0 unspecified atom stereocenters. The van der Waals surface area contributed by atoms with Crippen LogP contribution in [-0.4, -0.2) is 20.4 Å². The van der Waals surface area contributed by atoms with E-state index in [0.29, 0.717) is 0 Å². The molecule has 0 spiro atoms. The highest BCUT2D eigenvalue weighted by Gasteiger charge is 2.12. The predicted molar refractivity (Wildman–Crippen MR) is 103 cm³/mol. The van der Waals surface area contributed by atoms with E-state index in [9.17, 15) is 9.18 Å². The van der Waals surface area contributed by atoms with Crippen LogP contribution in [0.5, 0.6) is 0 Å². The second-order valence-corrected chi connectivity index (χ2v) is 6.02. The van der Waals surface area contributed by atoms with E-state index in [4.69, 9.17) is 5.48 Å². The van der Waals surface area contributed by atoms with E-state index in [0.717, 1.165) is 27.9 Å². The second kappa shape index (κ2) is 6.64. The quantitative estimate of drug-likeness (QED) is 0.588. The number of carbonyl (C=O) groups excluding carboxylic acids is 1. The maximum absolute atomic E-state index is 14.4. The number of pyridine rings is 1. The van der Waals surface area contributed by atoms with Gasteiger partial charge >= 0.3 is 0 Å². The van der Waals surface area contributed by atoms with Gasteiger partial charge in [-0.2, -0.15) is 0 Å². The summed E-state index contributed by atoms with van der Waals surface area (Å²) in [6.07, 6.45) is 3.33. The van der Waals surface area contributed by atoms with Crippen LogP contribution in [0.25, 0.3) is 22.0 Å². The van der Waals surface area contributed by atoms with E-state index < -0.39 is 41.5 Å². The Balaban J connectivity index is 1.71. The highest BCUT2D eigenvalue weighted by molar-refractivity contribution is 6.04. The van der Waals surface area contributed by atoms with Gasteiger partial charge in [0.05, 0.1) is 22.9 Å². The molecule has 2 aromatic carbocycles. The van der Waals surface area contributed by atoms with E-state index in [1.165, 1.54) is 0 Å². The van der Waals surface area contributed by atoms with E-state index in [1.807, 2.05) is 36.7 Å². The monoisotopic (exact) mass is 364 g/mol. The molecule has 0 aliphatic rings. The summed E-state index contributed by atoms with van der Waals surface area (Å²) in [6.45, 7) is 1.90. The third-order valence-corrected chi connectivity index (χ3v) is 4.35. The van der Waals surface area contributed by atoms with Gasteiger partial charge in [0.2, 0.25) is 0 Å². The van der Waals surface area contributed by atoms with Crippen LogP contribution in [0.15, 0.2) is 60.8 Å². The Bertz CT molecular complexity index is 1340. The zero-order chi connectivity index (χ0) is 22.4. The summed E-state index contributed by atoms with van der Waals surface area (Å²) in [6, 6.07) is 4.30. The summed E-state index contributed by atoms with van der Waals surface area (Å²) in [4.78, 5) is 21.0. The first-order valence-electron chi connectivity index (χ1n) is 10.1. The molecule has 1 amide bonds. The predicted octanol–water partition coefficient (Wildman–Crippen LogP) is 4.34. The van der Waals surface area contributed by atoms with Crippen molar-refractivity contribution in [3.63, 3.8) is 0 Å². The fourth-order valence-corrected chi connectivity index (χ4v) is 2.77. The number of aryl methyl sites for hydroxylation is 1. The number of fused-ring (bicyclic) bond motifs is 1. The molecule has 0 aliphatic carbocycles. The van der Waals surface area contributed by atoms with Gasteiger partial charge in [-0.1, -0.05) is 24.2 Å². The highest BCUT2D eigenvalue weighted by atomic mass is 19.1. The van der Waals surface area contributed by atoms with Crippen molar-refractivity contribution in [3.8, 4) is 11.3 Å². The van der Waals surface area contributed by atoms with Gasteiger partial charge in [-0.25, -0.2) is 14.4 Å². The lowest BCUT2D eigenvalue weighted by atomic mass is 10.1. The molecule has 0 atom stereocenters. The van der Waals surface area contributed by atoms with Gasteiger partial charge in [0, 0.05) is 24.2 Å². The number of halogens is 1. The molecule has 4 rings (SSSR count). The molecular formula is C21H17FN4O. The van der Waals surface area contributed by atoms with E-state index in [1.54, 1.807) is 18.5 Å². The fraction of sp³-hybridized carbons (Fsp3) is 0.0952. The number of carbonyl (C=O) groups is 1. The molecule has 0 aliphatic heterocycles. The molecule has 0 fully saturated rings. The lowest BCUT2D eigenvalue weighted by Gasteiger charge is -2.08. The molecule has 2 aromatic heterocycles. The molecular weight excluding hydrogens is 343 g/mol. The van der Waals surface area contributed by atoms with E-state index in [-0.39, 0.29) is 5.82 Å². The minimum absolute atomic E-state index is 0.127. The standard InChI is InChI=1S/C21H17FN4O/c1-13-23-12-19(26(13)2)14-7-8-15-11-24-20(10-16(15)9-14)25-21(27)17-5-3-4-6-18(17)22/h3-12H,1-2H3,(H,24,25,27)/i3D,4D,5D,6D. The highest BCUT2D eigenvalue weighted by Crippen LogP contribution is 2.26. The third-order valence-electron chi connectivity index (χ3n) is 4.35. The van der Waals surface area contributed by atoms with Crippen molar-refractivity contribution in [2.45, 2.75) is 6.92 Å². The minimum atomic E-state index is -1.31. The van der Waals surface area contributed by atoms with Crippen molar-refractivity contribution in [2.75, 3.05) is 5.32 Å². The summed E-state index contributed by atoms with van der Waals surface area (Å²) >= 11 is 0. The molecule has 4 aromatic rings. The molecule has 6 heteroatoms. The van der Waals surface area contributed by atoms with Gasteiger partial charge in [0.15, 0.2) is 0 Å². The molecule has 2 heterocycles. The van der Waals surface area contributed by atoms with Gasteiger partial charge in [-0.3, -0.25) is 4.79 Å². The van der Waals surface area contributed by atoms with Crippen LogP contribution >= 0.6 is 0 Å². The van der Waals surface area contributed by atoms with Crippen LogP contribution < -0.4 is 5.32 Å². The van der Waals surface area contributed by atoms with Crippen molar-refractivity contribution < 1.29 is 14.7 Å².